The highest BCUT2D eigenvalue weighted by Crippen LogP contribution is 2.40. The number of amides is 2. The fourth-order valence-electron chi connectivity index (χ4n) is 14.7. The van der Waals surface area contributed by atoms with E-state index >= 15 is 0 Å². The number of benzene rings is 9. The molecule has 850 valence electrons. The van der Waals surface area contributed by atoms with Gasteiger partial charge in [0.25, 0.3) is 11.8 Å². The Kier molecular flexibility index (Phi) is 85.5. The van der Waals surface area contributed by atoms with E-state index < -0.39 is 27.3 Å². The minimum Gasteiger partial charge on any atom is -0.508 e. The molecular formula is C131H220NO15S2+. The molecule has 18 heteroatoms. The molecule has 13 rings (SSSR count). The number of carbonyl (C=O) groups excluding carboxylic acids is 6. The van der Waals surface area contributed by atoms with Gasteiger partial charge in [-0.2, -0.15) is 8.42 Å². The number of Topliss-reactive ketones (excluding diaryl/α,β-unsaturated/α-hetero) is 1. The lowest BCUT2D eigenvalue weighted by atomic mass is 9.89. The Hall–Kier alpha value is -10.1. The third-order valence-electron chi connectivity index (χ3n) is 26.2. The van der Waals surface area contributed by atoms with E-state index in [9.17, 15) is 37.2 Å². The Morgan fingerprint density at radius 1 is 0.423 bits per heavy atom. The topological polar surface area (TPSA) is 226 Å². The molecule has 0 spiro atoms. The number of esters is 3. The Labute approximate surface area is 919 Å². The Bertz CT molecular complexity index is 5040. The van der Waals surface area contributed by atoms with Crippen molar-refractivity contribution in [3.63, 3.8) is 0 Å². The van der Waals surface area contributed by atoms with Crippen molar-refractivity contribution in [1.82, 2.24) is 5.06 Å². The van der Waals surface area contributed by atoms with Gasteiger partial charge in [0, 0.05) is 5.56 Å². The number of carbonyl (C=O) groups is 6. The zero-order valence-electron chi connectivity index (χ0n) is 84.1. The van der Waals surface area contributed by atoms with Crippen molar-refractivity contribution in [2.75, 3.05) is 17.3 Å². The monoisotopic (exact) mass is 2110 g/mol. The van der Waals surface area contributed by atoms with Gasteiger partial charge < -0.3 is 29.2 Å². The zero-order chi connectivity index (χ0) is 98.4. The van der Waals surface area contributed by atoms with E-state index in [1.54, 1.807) is 48.5 Å². The molecule has 2 N–H and O–H groups in total. The summed E-state index contributed by atoms with van der Waals surface area (Å²) in [5.41, 5.74) is 12.3. The number of phenols is 2. The third kappa shape index (κ3) is 51.2. The van der Waals surface area contributed by atoms with Crippen LogP contribution in [0.1, 0.15) is 498 Å². The van der Waals surface area contributed by atoms with Crippen LogP contribution in [0.4, 0.5) is 0 Å². The lowest BCUT2D eigenvalue weighted by Gasteiger charge is -2.32. The predicted molar refractivity (Wildman–Crippen MR) is 653 cm³/mol. The minimum atomic E-state index is -4.29. The molecule has 0 radical (unpaired) electrons. The molecule has 2 aliphatic heterocycles. The van der Waals surface area contributed by atoms with Gasteiger partial charge in [-0.25, -0.2) is 0 Å². The summed E-state index contributed by atoms with van der Waals surface area (Å²) in [6.07, 6.45) is 17.8. The number of aromatic hydroxyl groups is 2. The first-order valence-corrected chi connectivity index (χ1v) is 51.7. The van der Waals surface area contributed by atoms with E-state index in [-0.39, 0.29) is 187 Å². The van der Waals surface area contributed by atoms with Crippen molar-refractivity contribution in [2.24, 2.45) is 16.7 Å². The molecule has 16 nitrogen and oxygen atoms in total. The van der Waals surface area contributed by atoms with Gasteiger partial charge in [-0.3, -0.25) is 28.8 Å². The molecule has 149 heavy (non-hydrogen) atoms. The number of hydroxylamine groups is 2. The summed E-state index contributed by atoms with van der Waals surface area (Å²) in [5, 5.41) is 18.3. The van der Waals surface area contributed by atoms with Gasteiger partial charge in [0.1, 0.15) is 52.2 Å². The van der Waals surface area contributed by atoms with Gasteiger partial charge in [-0.05, 0) is 321 Å². The van der Waals surface area contributed by atoms with Crippen molar-refractivity contribution in [3.8, 4) is 28.4 Å². The minimum absolute atomic E-state index is 0. The molecule has 0 bridgehead atoms. The molecule has 8 unspecified atom stereocenters. The molecule has 2 heterocycles. The molecule has 9 aromatic rings. The average Bonchev–Trinajstić information content (AvgIpc) is 1.62. The van der Waals surface area contributed by atoms with Crippen molar-refractivity contribution in [2.45, 2.75) is 445 Å². The second-order valence-electron chi connectivity index (χ2n) is 38.1. The van der Waals surface area contributed by atoms with E-state index in [1.807, 2.05) is 155 Å². The Morgan fingerprint density at radius 2 is 0.779 bits per heavy atom. The molecule has 9 aromatic carbocycles. The number of ether oxygens (including phenoxy) is 4. The predicted octanol–water partition coefficient (Wildman–Crippen LogP) is 39.6. The standard InChI is InChI=1S/C20H24O2.C18H17NO5S.C16H23OS.C14H18O2.C14H22O.C13H24O2.2C10H14O.16CH4/c1-5-20(3,4)19(21)22-15(2)16-11-13-18(14-12-16)17-9-7-6-8-10-17;1-3-12(2)13-8-10-14(11-9-13)25(22,23)24-19-17(20)15-6-4-5-7-16(15)18(19)21;1-3-13(2)14-6-8-15(9-7-14)16(17)12-18-10-4-5-11-18;1-3-10(2)14(15)16-13-9-8-11-6-4-5-7-12(11)13;1-6-11(2)12-7-9-13(10-8-12)15-14(3,4)5;1-5-12(3,4)11(14)15-13(6-2)9-7-8-10-13;2*1-3-8(2)9-4-6-10(11)7-5-9;;;;;;;;;;;;;;;;/h6-15H,5H2,1-4H3;4-12H,3H2,1-2H3;6-9,13H,3-5,10-12H2,1-2H3;4-7,10,13H,3,8-9H2,1-2H3;7-11H,6H2,1-5H3;5-10H2,1-4H3;2*4-8,11H,3H2,1-2H3;16*1H4/q;;+1;;;;;;;;;;;;;;;;;;;;;. The molecular weight excluding hydrogens is 1890 g/mol. The largest absolute Gasteiger partial charge is 0.508 e. The highest BCUT2D eigenvalue weighted by atomic mass is 32.2. The quantitative estimate of drug-likeness (QED) is 0.0146. The summed E-state index contributed by atoms with van der Waals surface area (Å²) in [7, 11) is -3.92. The van der Waals surface area contributed by atoms with Crippen molar-refractivity contribution >= 4 is 56.5 Å². The summed E-state index contributed by atoms with van der Waals surface area (Å²) in [6.45, 7) is 47.6. The highest BCUT2D eigenvalue weighted by molar-refractivity contribution is 7.97. The van der Waals surface area contributed by atoms with Crippen molar-refractivity contribution in [1.29, 1.82) is 0 Å². The third-order valence-corrected chi connectivity index (χ3v) is 29.8. The molecule has 1 saturated heterocycles. The van der Waals surface area contributed by atoms with Crippen molar-refractivity contribution < 1.29 is 70.6 Å². The van der Waals surface area contributed by atoms with Gasteiger partial charge in [-0.1, -0.05) is 386 Å². The SMILES string of the molecule is C.C.C.C.C.C.C.C.C.C.C.C.C.C.C.C.CCC(C)(C)C(=O)OC(C)c1ccc(-c2ccccc2)cc1.CCC(C)C(=O)OC1CCc2ccccc21.CCC(C)c1ccc(C(=O)C[S+]2CCCC2)cc1.CCC(C)c1ccc(O)cc1.CCC(C)c1ccc(O)cc1.CCC(C)c1ccc(OC(C)(C)C)cc1.CCC(C)c1ccc(S(=O)(=O)ON2C(=O)c3ccccc3C2=O)cc1.CCC1(OC(=O)C(C)(C)CC)CCCC1. The summed E-state index contributed by atoms with van der Waals surface area (Å²) in [6, 6.07) is 70.6. The second kappa shape index (κ2) is 78.9. The molecule has 2 amide bonds. The van der Waals surface area contributed by atoms with Crippen LogP contribution in [0.2, 0.25) is 0 Å². The van der Waals surface area contributed by atoms with Gasteiger partial charge in [0.2, 0.25) is 5.78 Å². The number of rotatable bonds is 29. The number of imide groups is 1. The number of nitrogens with zero attached hydrogens (tertiary/aromatic N) is 1. The van der Waals surface area contributed by atoms with Crippen LogP contribution < -0.4 is 4.74 Å². The molecule has 4 aliphatic rings. The number of ketones is 1. The Morgan fingerprint density at radius 3 is 1.16 bits per heavy atom. The first-order chi connectivity index (χ1) is 63.1. The smallest absolute Gasteiger partial charge is 0.318 e. The summed E-state index contributed by atoms with van der Waals surface area (Å²) in [5.74, 6) is 6.22. The fourth-order valence-corrected chi connectivity index (χ4v) is 17.8. The lowest BCUT2D eigenvalue weighted by Crippen LogP contribution is -2.37. The number of phenolic OH excluding ortho intramolecular Hbond substituents is 2. The first kappa shape index (κ1) is 161. The average molecular weight is 2110 g/mol. The van der Waals surface area contributed by atoms with E-state index in [2.05, 4.69) is 156 Å². The van der Waals surface area contributed by atoms with Crippen LogP contribution in [-0.4, -0.2) is 87.7 Å². The van der Waals surface area contributed by atoms with Crippen LogP contribution in [0.3, 0.4) is 0 Å². The van der Waals surface area contributed by atoms with Crippen LogP contribution in [0.15, 0.2) is 229 Å². The van der Waals surface area contributed by atoms with Gasteiger partial charge in [-0.15, -0.1) is 9.35 Å². The van der Waals surface area contributed by atoms with Crippen molar-refractivity contribution in [3.05, 3.63) is 286 Å². The maximum absolute atomic E-state index is 12.4. The molecule has 0 aromatic heterocycles. The summed E-state index contributed by atoms with van der Waals surface area (Å²) in [4.78, 5) is 72.3. The molecule has 1 saturated carbocycles. The lowest BCUT2D eigenvalue weighted by molar-refractivity contribution is -0.170. The maximum Gasteiger partial charge on any atom is 0.318 e. The highest BCUT2D eigenvalue weighted by Gasteiger charge is 2.42. The van der Waals surface area contributed by atoms with E-state index in [0.717, 1.165) is 111 Å². The first-order valence-electron chi connectivity index (χ1n) is 48.6. The summed E-state index contributed by atoms with van der Waals surface area (Å²) < 4.78 is 52.3. The number of hydrogen-bond acceptors (Lipinski definition) is 15. The molecule has 2 fully saturated rings. The number of hydrogen-bond donors (Lipinski definition) is 2. The van der Waals surface area contributed by atoms with Crippen LogP contribution in [0.5, 0.6) is 17.2 Å². The number of aryl methyl sites for hydroxylation is 1. The van der Waals surface area contributed by atoms with Crippen LogP contribution in [0.25, 0.3) is 11.1 Å². The van der Waals surface area contributed by atoms with E-state index in [0.29, 0.717) is 62.8 Å². The maximum atomic E-state index is 12.4. The number of fused-ring (bicyclic) bond motifs is 2. The molecule has 2 aliphatic carbocycles. The van der Waals surface area contributed by atoms with Gasteiger partial charge in [0.15, 0.2) is 5.75 Å². The fraction of sp³-hybridized carbons (Fsp3) is 0.542. The van der Waals surface area contributed by atoms with Gasteiger partial charge in [0.05, 0.1) is 32.8 Å². The second-order valence-corrected chi connectivity index (χ2v) is 42.0. The zero-order valence-corrected chi connectivity index (χ0v) is 85.7. The van der Waals surface area contributed by atoms with Crippen LogP contribution in [-0.2, 0) is 60.3 Å². The van der Waals surface area contributed by atoms with Crippen LogP contribution >= 0.6 is 0 Å². The van der Waals surface area contributed by atoms with E-state index in [4.69, 9.17) is 33.4 Å². The van der Waals surface area contributed by atoms with E-state index in [1.165, 1.54) is 107 Å². The van der Waals surface area contributed by atoms with Crippen LogP contribution in [0, 0.1) is 16.7 Å². The van der Waals surface area contributed by atoms with Gasteiger partial charge >= 0.3 is 28.0 Å². The Balaban J connectivity index is -0.000000162. The summed E-state index contributed by atoms with van der Waals surface area (Å²) >= 11 is 0. The molecule has 8 atom stereocenters. The normalized spacial score (nSPS) is 14.1.